The van der Waals surface area contributed by atoms with Crippen molar-refractivity contribution in [2.45, 2.75) is 4.90 Å². The number of pyridine rings is 1. The molecule has 3 aromatic rings. The third-order valence-electron chi connectivity index (χ3n) is 3.81. The molecule has 0 bridgehead atoms. The molecule has 2 N–H and O–H groups in total. The Kier molecular flexibility index (Phi) is 5.42. The van der Waals surface area contributed by atoms with Crippen molar-refractivity contribution in [1.29, 1.82) is 0 Å². The number of benzene rings is 2. The molecule has 0 aliphatic rings. The fourth-order valence-corrected chi connectivity index (χ4v) is 3.49. The second kappa shape index (κ2) is 7.92. The first kappa shape index (κ1) is 18.5. The van der Waals surface area contributed by atoms with Gasteiger partial charge in [0, 0.05) is 18.0 Å². The molecule has 7 heteroatoms. The van der Waals surface area contributed by atoms with Crippen LogP contribution in [0.25, 0.3) is 12.2 Å². The fraction of sp³-hybridized carbons (Fsp3) is 0.0500. The van der Waals surface area contributed by atoms with Crippen molar-refractivity contribution < 1.29 is 18.3 Å². The molecule has 6 nitrogen and oxygen atoms in total. The average molecular weight is 382 g/mol. The minimum absolute atomic E-state index is 0.0387. The number of ether oxygens (including phenoxy) is 1. The number of aromatic nitrogens is 1. The second-order valence-corrected chi connectivity index (χ2v) is 7.35. The molecule has 1 heterocycles. The van der Waals surface area contributed by atoms with Crippen LogP contribution in [0, 0.1) is 0 Å². The van der Waals surface area contributed by atoms with Crippen LogP contribution in [0.4, 0.5) is 5.69 Å². The van der Waals surface area contributed by atoms with Crippen LogP contribution in [0.5, 0.6) is 11.5 Å². The maximum Gasteiger partial charge on any atom is 0.261 e. The summed E-state index contributed by atoms with van der Waals surface area (Å²) >= 11 is 0. The lowest BCUT2D eigenvalue weighted by molar-refractivity contribution is 0.414. The number of phenols is 1. The van der Waals surface area contributed by atoms with Crippen LogP contribution in [0.15, 0.2) is 71.9 Å². The predicted octanol–water partition coefficient (Wildman–Crippen LogP) is 3.77. The Morgan fingerprint density at radius 3 is 2.37 bits per heavy atom. The van der Waals surface area contributed by atoms with Crippen molar-refractivity contribution in [3.05, 3.63) is 78.1 Å². The van der Waals surface area contributed by atoms with Crippen LogP contribution in [0.3, 0.4) is 0 Å². The number of nitrogens with one attached hydrogen (secondary N) is 1. The van der Waals surface area contributed by atoms with Gasteiger partial charge in [-0.1, -0.05) is 12.2 Å². The number of sulfonamides is 1. The minimum atomic E-state index is -3.79. The highest BCUT2D eigenvalue weighted by Crippen LogP contribution is 2.26. The van der Waals surface area contributed by atoms with Gasteiger partial charge in [-0.2, -0.15) is 0 Å². The van der Waals surface area contributed by atoms with Gasteiger partial charge in [-0.25, -0.2) is 8.42 Å². The van der Waals surface area contributed by atoms with Gasteiger partial charge < -0.3 is 9.84 Å². The molecular formula is C20H18N2O4S. The van der Waals surface area contributed by atoms with E-state index in [1.807, 2.05) is 18.2 Å². The number of hydrogen-bond acceptors (Lipinski definition) is 5. The third kappa shape index (κ3) is 4.65. The first-order valence-electron chi connectivity index (χ1n) is 8.06. The predicted molar refractivity (Wildman–Crippen MR) is 105 cm³/mol. The smallest absolute Gasteiger partial charge is 0.261 e. The van der Waals surface area contributed by atoms with Crippen molar-refractivity contribution in [3.63, 3.8) is 0 Å². The van der Waals surface area contributed by atoms with E-state index in [1.54, 1.807) is 30.6 Å². The van der Waals surface area contributed by atoms with Gasteiger partial charge in [-0.3, -0.25) is 9.71 Å². The Bertz CT molecular complexity index is 1050. The van der Waals surface area contributed by atoms with Crippen LogP contribution in [-0.2, 0) is 10.0 Å². The molecule has 0 fully saturated rings. The lowest BCUT2D eigenvalue weighted by Crippen LogP contribution is -2.13. The summed E-state index contributed by atoms with van der Waals surface area (Å²) in [6.07, 6.45) is 6.85. The topological polar surface area (TPSA) is 88.5 Å². The average Bonchev–Trinajstić information content (AvgIpc) is 2.69. The van der Waals surface area contributed by atoms with E-state index in [4.69, 9.17) is 4.74 Å². The van der Waals surface area contributed by atoms with Crippen LogP contribution in [0.2, 0.25) is 0 Å². The van der Waals surface area contributed by atoms with Gasteiger partial charge in [-0.15, -0.1) is 0 Å². The van der Waals surface area contributed by atoms with Crippen LogP contribution < -0.4 is 9.46 Å². The fourth-order valence-electron chi connectivity index (χ4n) is 2.40. The molecule has 0 amide bonds. The molecular weight excluding hydrogens is 364 g/mol. The Labute approximate surface area is 157 Å². The van der Waals surface area contributed by atoms with E-state index in [1.165, 1.54) is 37.4 Å². The highest BCUT2D eigenvalue weighted by Gasteiger charge is 2.16. The summed E-state index contributed by atoms with van der Waals surface area (Å²) in [7, 11) is -2.27. The molecule has 0 spiro atoms. The first-order chi connectivity index (χ1) is 13.0. The van der Waals surface area contributed by atoms with Gasteiger partial charge in [-0.05, 0) is 60.2 Å². The van der Waals surface area contributed by atoms with E-state index < -0.39 is 10.0 Å². The van der Waals surface area contributed by atoms with Gasteiger partial charge >= 0.3 is 0 Å². The van der Waals surface area contributed by atoms with E-state index in [2.05, 4.69) is 9.71 Å². The van der Waals surface area contributed by atoms with Gasteiger partial charge in [0.15, 0.2) is 0 Å². The lowest BCUT2D eigenvalue weighted by Gasteiger charge is -2.12. The van der Waals surface area contributed by atoms with E-state index in [9.17, 15) is 13.5 Å². The summed E-state index contributed by atoms with van der Waals surface area (Å²) in [6.45, 7) is 0. The molecule has 0 aliphatic heterocycles. The summed E-state index contributed by atoms with van der Waals surface area (Å²) in [5, 5.41) is 9.77. The van der Waals surface area contributed by atoms with Crippen molar-refractivity contribution >= 4 is 27.9 Å². The first-order valence-corrected chi connectivity index (χ1v) is 9.54. The molecule has 3 rings (SSSR count). The molecule has 0 radical (unpaired) electrons. The molecule has 0 saturated heterocycles. The van der Waals surface area contributed by atoms with E-state index in [-0.39, 0.29) is 10.6 Å². The number of nitrogens with zero attached hydrogens (tertiary/aromatic N) is 1. The summed E-state index contributed by atoms with van der Waals surface area (Å²) in [4.78, 5) is 4.06. The Morgan fingerprint density at radius 1 is 1.00 bits per heavy atom. The Hall–Kier alpha value is -3.32. The normalized spacial score (nSPS) is 11.4. The SMILES string of the molecule is COc1ccc(S(=O)(=O)Nc2ccc(O)cc2/C=C/c2ccncc2)cc1. The zero-order valence-corrected chi connectivity index (χ0v) is 15.3. The van der Waals surface area contributed by atoms with E-state index in [0.717, 1.165) is 5.56 Å². The standard InChI is InChI=1S/C20H18N2O4S/c1-26-18-5-7-19(8-6-18)27(24,25)22-20-9-4-17(23)14-16(20)3-2-15-10-12-21-13-11-15/h2-14,22-23H,1H3/b3-2+. The van der Waals surface area contributed by atoms with Crippen molar-refractivity contribution in [1.82, 2.24) is 4.98 Å². The third-order valence-corrected chi connectivity index (χ3v) is 5.19. The molecule has 0 atom stereocenters. The van der Waals surface area contributed by atoms with Crippen LogP contribution >= 0.6 is 0 Å². The second-order valence-electron chi connectivity index (χ2n) is 5.67. The molecule has 138 valence electrons. The summed E-state index contributed by atoms with van der Waals surface area (Å²) in [6, 6.07) is 14.2. The maximum atomic E-state index is 12.7. The highest BCUT2D eigenvalue weighted by molar-refractivity contribution is 7.92. The van der Waals surface area contributed by atoms with Crippen LogP contribution in [-0.4, -0.2) is 25.6 Å². The summed E-state index contributed by atoms with van der Waals surface area (Å²) in [5.41, 5.74) is 1.79. The highest BCUT2D eigenvalue weighted by atomic mass is 32.2. The molecule has 0 aliphatic carbocycles. The van der Waals surface area contributed by atoms with Gasteiger partial charge in [0.1, 0.15) is 11.5 Å². The van der Waals surface area contributed by atoms with E-state index >= 15 is 0 Å². The molecule has 2 aromatic carbocycles. The van der Waals surface area contributed by atoms with Crippen molar-refractivity contribution in [3.8, 4) is 11.5 Å². The Morgan fingerprint density at radius 2 is 1.70 bits per heavy atom. The number of hydrogen-bond donors (Lipinski definition) is 2. The van der Waals surface area contributed by atoms with Crippen LogP contribution in [0.1, 0.15) is 11.1 Å². The largest absolute Gasteiger partial charge is 0.508 e. The van der Waals surface area contributed by atoms with Gasteiger partial charge in [0.2, 0.25) is 0 Å². The minimum Gasteiger partial charge on any atom is -0.508 e. The summed E-state index contributed by atoms with van der Waals surface area (Å²) in [5.74, 6) is 0.608. The van der Waals surface area contributed by atoms with Crippen molar-refractivity contribution in [2.24, 2.45) is 0 Å². The number of rotatable bonds is 6. The zero-order valence-electron chi connectivity index (χ0n) is 14.5. The Balaban J connectivity index is 1.91. The lowest BCUT2D eigenvalue weighted by atomic mass is 10.1. The van der Waals surface area contributed by atoms with Crippen molar-refractivity contribution in [2.75, 3.05) is 11.8 Å². The number of aromatic hydroxyl groups is 1. The summed E-state index contributed by atoms with van der Waals surface area (Å²) < 4.78 is 32.9. The molecule has 1 aromatic heterocycles. The monoisotopic (exact) mass is 382 g/mol. The quantitative estimate of drug-likeness (QED) is 0.634. The molecule has 0 saturated carbocycles. The number of methoxy groups -OCH3 is 1. The molecule has 0 unspecified atom stereocenters. The van der Waals surface area contributed by atoms with Gasteiger partial charge in [0.05, 0.1) is 17.7 Å². The molecule has 27 heavy (non-hydrogen) atoms. The van der Waals surface area contributed by atoms with Gasteiger partial charge in [0.25, 0.3) is 10.0 Å². The maximum absolute atomic E-state index is 12.7. The zero-order chi connectivity index (χ0) is 19.3. The van der Waals surface area contributed by atoms with E-state index in [0.29, 0.717) is 17.0 Å². The number of phenolic OH excluding ortho intramolecular Hbond substituents is 1. The number of anilines is 1.